The van der Waals surface area contributed by atoms with Gasteiger partial charge >= 0.3 is 0 Å². The van der Waals surface area contributed by atoms with E-state index in [4.69, 9.17) is 5.73 Å². The maximum atomic E-state index is 14.6. The van der Waals surface area contributed by atoms with Gasteiger partial charge in [-0.2, -0.15) is 5.26 Å². The molecule has 1 aliphatic carbocycles. The summed E-state index contributed by atoms with van der Waals surface area (Å²) in [6.45, 7) is 0. The van der Waals surface area contributed by atoms with Gasteiger partial charge in [0, 0.05) is 17.7 Å². The number of para-hydroxylation sites is 1. The predicted molar refractivity (Wildman–Crippen MR) is 101 cm³/mol. The average Bonchev–Trinajstić information content (AvgIpc) is 2.69. The lowest BCUT2D eigenvalue weighted by Gasteiger charge is -2.39. The number of anilines is 1. The summed E-state index contributed by atoms with van der Waals surface area (Å²) >= 11 is 0. The second-order valence-corrected chi connectivity index (χ2v) is 6.80. The first-order valence-corrected chi connectivity index (χ1v) is 8.99. The van der Waals surface area contributed by atoms with Crippen LogP contribution in [-0.2, 0) is 4.79 Å². The number of nitrogens with two attached hydrogens (primary N) is 1. The van der Waals surface area contributed by atoms with Crippen LogP contribution >= 0.6 is 0 Å². The van der Waals surface area contributed by atoms with E-state index in [1.165, 1.54) is 11.0 Å². The highest BCUT2D eigenvalue weighted by atomic mass is 19.1. The van der Waals surface area contributed by atoms with E-state index in [0.29, 0.717) is 30.5 Å². The molecule has 2 aromatic carbocycles. The Kier molecular flexibility index (Phi) is 4.44. The van der Waals surface area contributed by atoms with Crippen molar-refractivity contribution < 1.29 is 13.6 Å². The summed E-state index contributed by atoms with van der Waals surface area (Å²) < 4.78 is 29.1. The molecule has 0 fully saturated rings. The molecule has 140 valence electrons. The van der Waals surface area contributed by atoms with Crippen LogP contribution in [0.5, 0.6) is 0 Å². The molecule has 0 saturated carbocycles. The van der Waals surface area contributed by atoms with Crippen molar-refractivity contribution in [2.75, 3.05) is 4.90 Å². The molecule has 1 heterocycles. The van der Waals surface area contributed by atoms with Gasteiger partial charge in [-0.1, -0.05) is 36.4 Å². The first kappa shape index (κ1) is 17.9. The summed E-state index contributed by atoms with van der Waals surface area (Å²) in [5.41, 5.74) is 7.65. The SMILES string of the molecule is N#CC1=C(N)N(c2c(F)cccc2F)C2=C(C(=O)CCC2)C1c1ccccc1. The molecule has 2 N–H and O–H groups in total. The Hall–Kier alpha value is -3.46. The van der Waals surface area contributed by atoms with Gasteiger partial charge in [0.25, 0.3) is 0 Å². The van der Waals surface area contributed by atoms with Gasteiger partial charge in [0.1, 0.15) is 23.1 Å². The van der Waals surface area contributed by atoms with Crippen LogP contribution in [0.1, 0.15) is 30.7 Å². The smallest absolute Gasteiger partial charge is 0.161 e. The number of hydrogen-bond donors (Lipinski definition) is 1. The number of rotatable bonds is 2. The van der Waals surface area contributed by atoms with Crippen LogP contribution in [0.4, 0.5) is 14.5 Å². The van der Waals surface area contributed by atoms with Crippen molar-refractivity contribution in [3.05, 3.63) is 88.4 Å². The topological polar surface area (TPSA) is 70.1 Å². The maximum Gasteiger partial charge on any atom is 0.161 e. The second-order valence-electron chi connectivity index (χ2n) is 6.80. The summed E-state index contributed by atoms with van der Waals surface area (Å²) in [6.07, 6.45) is 1.33. The fourth-order valence-corrected chi connectivity index (χ4v) is 4.02. The van der Waals surface area contributed by atoms with Crippen LogP contribution in [0.2, 0.25) is 0 Å². The molecule has 0 amide bonds. The molecule has 4 rings (SSSR count). The van der Waals surface area contributed by atoms with Crippen molar-refractivity contribution in [3.8, 4) is 6.07 Å². The zero-order chi connectivity index (χ0) is 19.8. The molecule has 0 radical (unpaired) electrons. The van der Waals surface area contributed by atoms with E-state index in [1.54, 1.807) is 0 Å². The standard InChI is InChI=1S/C22H17F2N3O/c23-15-8-4-9-16(24)21(15)27-17-10-5-11-18(28)20(17)19(14(12-25)22(27)26)13-6-2-1-3-7-13/h1-4,6-9,19H,5,10-11,26H2. The van der Waals surface area contributed by atoms with E-state index in [1.807, 2.05) is 30.3 Å². The van der Waals surface area contributed by atoms with Crippen molar-refractivity contribution in [1.82, 2.24) is 0 Å². The second kappa shape index (κ2) is 6.93. The van der Waals surface area contributed by atoms with E-state index in [-0.39, 0.29) is 22.9 Å². The molecule has 2 aliphatic rings. The highest BCUT2D eigenvalue weighted by Crippen LogP contribution is 2.46. The minimum Gasteiger partial charge on any atom is -0.384 e. The quantitative estimate of drug-likeness (QED) is 0.849. The van der Waals surface area contributed by atoms with E-state index in [9.17, 15) is 18.8 Å². The Balaban J connectivity index is 2.02. The summed E-state index contributed by atoms with van der Waals surface area (Å²) in [4.78, 5) is 14.1. The van der Waals surface area contributed by atoms with Gasteiger partial charge in [-0.25, -0.2) is 8.78 Å². The highest BCUT2D eigenvalue weighted by molar-refractivity contribution is 6.01. The van der Waals surface area contributed by atoms with Crippen molar-refractivity contribution in [2.45, 2.75) is 25.2 Å². The molecule has 1 atom stereocenters. The van der Waals surface area contributed by atoms with Crippen LogP contribution < -0.4 is 10.6 Å². The Morgan fingerprint density at radius 3 is 2.36 bits per heavy atom. The summed E-state index contributed by atoms with van der Waals surface area (Å²) in [5.74, 6) is -2.42. The fraction of sp³-hybridized carbons (Fsp3) is 0.182. The number of halogens is 2. The number of nitrogens with zero attached hydrogens (tertiary/aromatic N) is 2. The molecule has 1 aliphatic heterocycles. The number of allylic oxidation sites excluding steroid dienone is 3. The molecule has 28 heavy (non-hydrogen) atoms. The lowest BCUT2D eigenvalue weighted by molar-refractivity contribution is -0.116. The van der Waals surface area contributed by atoms with Gasteiger partial charge in [-0.05, 0) is 30.5 Å². The lowest BCUT2D eigenvalue weighted by Crippen LogP contribution is -2.39. The maximum absolute atomic E-state index is 14.6. The van der Waals surface area contributed by atoms with Crippen molar-refractivity contribution >= 4 is 11.5 Å². The lowest BCUT2D eigenvalue weighted by atomic mass is 9.75. The van der Waals surface area contributed by atoms with Gasteiger partial charge in [-0.15, -0.1) is 0 Å². The molecule has 0 aromatic heterocycles. The van der Waals surface area contributed by atoms with Crippen molar-refractivity contribution in [3.63, 3.8) is 0 Å². The summed E-state index contributed by atoms with van der Waals surface area (Å²) in [5, 5.41) is 9.84. The predicted octanol–water partition coefficient (Wildman–Crippen LogP) is 4.27. The Labute approximate surface area is 161 Å². The van der Waals surface area contributed by atoms with Gasteiger partial charge in [0.2, 0.25) is 0 Å². The summed E-state index contributed by atoms with van der Waals surface area (Å²) in [7, 11) is 0. The minimum absolute atomic E-state index is 0.0474. The summed E-state index contributed by atoms with van der Waals surface area (Å²) in [6, 6.07) is 14.7. The first-order valence-electron chi connectivity index (χ1n) is 8.99. The van der Waals surface area contributed by atoms with Crippen LogP contribution in [-0.4, -0.2) is 5.78 Å². The zero-order valence-corrected chi connectivity index (χ0v) is 15.0. The zero-order valence-electron chi connectivity index (χ0n) is 15.0. The molecule has 1 unspecified atom stereocenters. The van der Waals surface area contributed by atoms with Gasteiger partial charge in [0.05, 0.1) is 17.6 Å². The number of hydrogen-bond acceptors (Lipinski definition) is 4. The van der Waals surface area contributed by atoms with Crippen LogP contribution in [0, 0.1) is 23.0 Å². The number of carbonyl (C=O) groups is 1. The molecule has 0 bridgehead atoms. The fourth-order valence-electron chi connectivity index (χ4n) is 4.02. The Morgan fingerprint density at radius 1 is 1.04 bits per heavy atom. The molecular weight excluding hydrogens is 360 g/mol. The third-order valence-electron chi connectivity index (χ3n) is 5.21. The number of ketones is 1. The van der Waals surface area contributed by atoms with E-state index >= 15 is 0 Å². The van der Waals surface area contributed by atoms with Gasteiger partial charge in [0.15, 0.2) is 5.78 Å². The Bertz CT molecular complexity index is 1050. The third-order valence-corrected chi connectivity index (χ3v) is 5.21. The molecule has 0 spiro atoms. The monoisotopic (exact) mass is 377 g/mol. The van der Waals surface area contributed by atoms with Gasteiger partial charge in [-0.3, -0.25) is 9.69 Å². The number of carbonyl (C=O) groups excluding carboxylic acids is 1. The number of benzene rings is 2. The molecule has 2 aromatic rings. The van der Waals surface area contributed by atoms with Crippen LogP contribution in [0.3, 0.4) is 0 Å². The molecular formula is C22H17F2N3O. The van der Waals surface area contributed by atoms with Crippen LogP contribution in [0.15, 0.2) is 71.2 Å². The van der Waals surface area contributed by atoms with E-state index in [2.05, 4.69) is 6.07 Å². The van der Waals surface area contributed by atoms with Crippen molar-refractivity contribution in [2.24, 2.45) is 5.73 Å². The Morgan fingerprint density at radius 2 is 1.71 bits per heavy atom. The number of nitriles is 1. The average molecular weight is 377 g/mol. The molecule has 6 heteroatoms. The van der Waals surface area contributed by atoms with E-state index in [0.717, 1.165) is 17.7 Å². The highest BCUT2D eigenvalue weighted by Gasteiger charge is 2.41. The normalized spacial score (nSPS) is 19.5. The minimum atomic E-state index is -0.803. The first-order chi connectivity index (χ1) is 13.5. The third kappa shape index (κ3) is 2.67. The van der Waals surface area contributed by atoms with Crippen molar-refractivity contribution in [1.29, 1.82) is 5.26 Å². The number of Topliss-reactive ketones (excluding diaryl/α,β-unsaturated/α-hetero) is 1. The largest absolute Gasteiger partial charge is 0.384 e. The van der Waals surface area contributed by atoms with Gasteiger partial charge < -0.3 is 5.73 Å². The molecule has 0 saturated heterocycles. The van der Waals surface area contributed by atoms with Crippen LogP contribution in [0.25, 0.3) is 0 Å². The molecule has 4 nitrogen and oxygen atoms in total. The van der Waals surface area contributed by atoms with E-state index < -0.39 is 17.6 Å².